The molecule has 0 saturated carbocycles. The van der Waals surface area contributed by atoms with Crippen molar-refractivity contribution in [1.82, 2.24) is 4.98 Å². The lowest BCUT2D eigenvalue weighted by molar-refractivity contribution is 1.37. The number of rotatable bonds is 1. The second-order valence-corrected chi connectivity index (χ2v) is 3.19. The average Bonchev–Trinajstić information content (AvgIpc) is 2.17. The SMILES string of the molecule is C[B]c1cncc2cccc(C)c12. The zero-order valence-electron chi connectivity index (χ0n) is 7.91. The van der Waals surface area contributed by atoms with Gasteiger partial charge in [0, 0.05) is 12.4 Å². The molecule has 0 aliphatic carbocycles. The van der Waals surface area contributed by atoms with Gasteiger partial charge in [-0.05, 0) is 23.3 Å². The minimum absolute atomic E-state index is 1.22. The van der Waals surface area contributed by atoms with Crippen LogP contribution in [-0.2, 0) is 0 Å². The third kappa shape index (κ3) is 1.33. The monoisotopic (exact) mass is 168 g/mol. The van der Waals surface area contributed by atoms with E-state index < -0.39 is 0 Å². The van der Waals surface area contributed by atoms with Crippen LogP contribution in [-0.4, -0.2) is 12.3 Å². The maximum Gasteiger partial charge on any atom is 0.151 e. The predicted octanol–water partition coefficient (Wildman–Crippen LogP) is 1.92. The van der Waals surface area contributed by atoms with Crippen molar-refractivity contribution < 1.29 is 0 Å². The molecule has 2 aromatic rings. The first kappa shape index (κ1) is 8.30. The Morgan fingerprint density at radius 2 is 2.08 bits per heavy atom. The van der Waals surface area contributed by atoms with Crippen molar-refractivity contribution >= 4 is 23.5 Å². The highest BCUT2D eigenvalue weighted by Crippen LogP contribution is 2.14. The van der Waals surface area contributed by atoms with Gasteiger partial charge in [-0.25, -0.2) is 0 Å². The van der Waals surface area contributed by atoms with E-state index in [2.05, 4.69) is 37.4 Å². The number of nitrogens with zero attached hydrogens (tertiary/aromatic N) is 1. The maximum absolute atomic E-state index is 4.19. The van der Waals surface area contributed by atoms with Crippen LogP contribution >= 0.6 is 0 Å². The Balaban J connectivity index is 2.87. The summed E-state index contributed by atoms with van der Waals surface area (Å²) in [5.74, 6) is 0. The Hall–Kier alpha value is -1.31. The van der Waals surface area contributed by atoms with Crippen molar-refractivity contribution in [3.8, 4) is 0 Å². The second-order valence-electron chi connectivity index (χ2n) is 3.19. The number of benzene rings is 1. The molecule has 0 aliphatic heterocycles. The highest BCUT2D eigenvalue weighted by atomic mass is 14.6. The molecule has 0 amide bonds. The van der Waals surface area contributed by atoms with Crippen molar-refractivity contribution in [1.29, 1.82) is 0 Å². The van der Waals surface area contributed by atoms with Gasteiger partial charge in [-0.2, -0.15) is 0 Å². The molecule has 1 nitrogen and oxygen atoms in total. The van der Waals surface area contributed by atoms with E-state index in [1.54, 1.807) is 0 Å². The number of aryl methyl sites for hydroxylation is 1. The molecule has 0 unspecified atom stereocenters. The summed E-state index contributed by atoms with van der Waals surface area (Å²) in [6, 6.07) is 6.30. The van der Waals surface area contributed by atoms with Gasteiger partial charge in [0.25, 0.3) is 0 Å². The molecule has 1 aromatic heterocycles. The molecule has 0 saturated heterocycles. The van der Waals surface area contributed by atoms with Crippen LogP contribution in [0.1, 0.15) is 5.56 Å². The number of pyridine rings is 1. The van der Waals surface area contributed by atoms with E-state index in [1.165, 1.54) is 21.8 Å². The van der Waals surface area contributed by atoms with Crippen LogP contribution in [0.4, 0.5) is 0 Å². The van der Waals surface area contributed by atoms with E-state index >= 15 is 0 Å². The summed E-state index contributed by atoms with van der Waals surface area (Å²) in [7, 11) is 2.10. The molecule has 1 heterocycles. The van der Waals surface area contributed by atoms with E-state index in [9.17, 15) is 0 Å². The fourth-order valence-electron chi connectivity index (χ4n) is 1.67. The molecule has 2 rings (SSSR count). The Bertz CT molecular complexity index is 432. The van der Waals surface area contributed by atoms with Gasteiger partial charge in [0.05, 0.1) is 0 Å². The van der Waals surface area contributed by atoms with Crippen molar-refractivity contribution in [3.63, 3.8) is 0 Å². The van der Waals surface area contributed by atoms with Crippen LogP contribution in [0.2, 0.25) is 6.82 Å². The Labute approximate surface area is 79.0 Å². The third-order valence-corrected chi connectivity index (χ3v) is 2.33. The van der Waals surface area contributed by atoms with Crippen molar-refractivity contribution in [2.24, 2.45) is 0 Å². The maximum atomic E-state index is 4.19. The predicted molar refractivity (Wildman–Crippen MR) is 57.7 cm³/mol. The smallest absolute Gasteiger partial charge is 0.151 e. The standard InChI is InChI=1S/C11H11BN/c1-8-4-3-5-9-6-13-7-10(12-2)11(8)9/h3-7H,1-2H3. The lowest BCUT2D eigenvalue weighted by Crippen LogP contribution is -2.13. The highest BCUT2D eigenvalue weighted by molar-refractivity contribution is 6.55. The molecule has 1 aromatic carbocycles. The first-order valence-electron chi connectivity index (χ1n) is 4.45. The van der Waals surface area contributed by atoms with Gasteiger partial charge in [-0.15, -0.1) is 0 Å². The normalized spacial score (nSPS) is 10.3. The first-order chi connectivity index (χ1) is 6.33. The van der Waals surface area contributed by atoms with Crippen molar-refractivity contribution in [2.75, 3.05) is 0 Å². The molecular weight excluding hydrogens is 157 g/mol. The van der Waals surface area contributed by atoms with Gasteiger partial charge in [-0.3, -0.25) is 4.98 Å². The molecule has 0 bridgehead atoms. The number of fused-ring (bicyclic) bond motifs is 1. The molecule has 0 fully saturated rings. The first-order valence-corrected chi connectivity index (χ1v) is 4.45. The van der Waals surface area contributed by atoms with Gasteiger partial charge in [0.2, 0.25) is 0 Å². The number of hydrogen-bond acceptors (Lipinski definition) is 1. The lowest BCUT2D eigenvalue weighted by Gasteiger charge is -2.05. The zero-order valence-corrected chi connectivity index (χ0v) is 7.91. The summed E-state index contributed by atoms with van der Waals surface area (Å²) in [6.45, 7) is 4.18. The second kappa shape index (κ2) is 3.21. The summed E-state index contributed by atoms with van der Waals surface area (Å²) in [4.78, 5) is 4.19. The van der Waals surface area contributed by atoms with Crippen LogP contribution in [0, 0.1) is 6.92 Å². The Morgan fingerprint density at radius 1 is 1.23 bits per heavy atom. The molecule has 0 spiro atoms. The number of aromatic nitrogens is 1. The van der Waals surface area contributed by atoms with Crippen LogP contribution < -0.4 is 5.46 Å². The van der Waals surface area contributed by atoms with E-state index in [1.807, 2.05) is 19.2 Å². The van der Waals surface area contributed by atoms with Gasteiger partial charge < -0.3 is 0 Å². The van der Waals surface area contributed by atoms with Gasteiger partial charge >= 0.3 is 0 Å². The quantitative estimate of drug-likeness (QED) is 0.592. The fourth-order valence-corrected chi connectivity index (χ4v) is 1.67. The average molecular weight is 168 g/mol. The largest absolute Gasteiger partial charge is 0.265 e. The Morgan fingerprint density at radius 3 is 2.85 bits per heavy atom. The summed E-state index contributed by atoms with van der Waals surface area (Å²) >= 11 is 0. The molecule has 13 heavy (non-hydrogen) atoms. The summed E-state index contributed by atoms with van der Waals surface area (Å²) in [5, 5.41) is 2.54. The van der Waals surface area contributed by atoms with E-state index in [0.29, 0.717) is 0 Å². The van der Waals surface area contributed by atoms with Crippen molar-refractivity contribution in [3.05, 3.63) is 36.2 Å². The summed E-state index contributed by atoms with van der Waals surface area (Å²) in [5.41, 5.74) is 2.53. The van der Waals surface area contributed by atoms with Gasteiger partial charge in [0.15, 0.2) is 7.28 Å². The topological polar surface area (TPSA) is 12.9 Å². The highest BCUT2D eigenvalue weighted by Gasteiger charge is 2.01. The van der Waals surface area contributed by atoms with Crippen LogP contribution in [0.3, 0.4) is 0 Å². The number of hydrogen-bond donors (Lipinski definition) is 0. The molecule has 63 valence electrons. The van der Waals surface area contributed by atoms with Crippen LogP contribution in [0.5, 0.6) is 0 Å². The Kier molecular flexibility index (Phi) is 2.05. The molecule has 1 radical (unpaired) electrons. The minimum atomic E-state index is 1.22. The molecule has 0 aliphatic rings. The minimum Gasteiger partial charge on any atom is -0.265 e. The third-order valence-electron chi connectivity index (χ3n) is 2.33. The van der Waals surface area contributed by atoms with Crippen molar-refractivity contribution in [2.45, 2.75) is 13.7 Å². The zero-order chi connectivity index (χ0) is 9.26. The fraction of sp³-hybridized carbons (Fsp3) is 0.182. The molecule has 0 N–H and O–H groups in total. The van der Waals surface area contributed by atoms with E-state index in [-0.39, 0.29) is 0 Å². The van der Waals surface area contributed by atoms with Gasteiger partial charge in [-0.1, -0.05) is 30.5 Å². The van der Waals surface area contributed by atoms with Crippen LogP contribution in [0.25, 0.3) is 10.8 Å². The summed E-state index contributed by atoms with van der Waals surface area (Å²) < 4.78 is 0. The van der Waals surface area contributed by atoms with Crippen LogP contribution in [0.15, 0.2) is 30.6 Å². The van der Waals surface area contributed by atoms with E-state index in [4.69, 9.17) is 0 Å². The molecular formula is C11H11BN. The van der Waals surface area contributed by atoms with E-state index in [0.717, 1.165) is 0 Å². The lowest BCUT2D eigenvalue weighted by atomic mass is 9.71. The summed E-state index contributed by atoms with van der Waals surface area (Å²) in [6.07, 6.45) is 3.82. The van der Waals surface area contributed by atoms with Gasteiger partial charge in [0.1, 0.15) is 0 Å². The molecule has 2 heteroatoms. The molecule has 0 atom stereocenters.